The molecule has 2 aromatic carbocycles. The second-order valence-corrected chi connectivity index (χ2v) is 5.55. The Kier molecular flexibility index (Phi) is 5.42. The van der Waals surface area contributed by atoms with Crippen LogP contribution in [0.5, 0.6) is 0 Å². The van der Waals surface area contributed by atoms with Crippen LogP contribution in [0.25, 0.3) is 0 Å². The van der Waals surface area contributed by atoms with Gasteiger partial charge in [-0.25, -0.2) is 4.79 Å². The highest BCUT2D eigenvalue weighted by atomic mass is 16.5. The van der Waals surface area contributed by atoms with Crippen molar-refractivity contribution in [1.29, 1.82) is 0 Å². The zero-order valence-electron chi connectivity index (χ0n) is 14.2. The Labute approximate surface area is 141 Å². The quantitative estimate of drug-likeness (QED) is 0.902. The molecule has 126 valence electrons. The van der Waals surface area contributed by atoms with Crippen LogP contribution in [0.4, 0.5) is 21.9 Å². The Morgan fingerprint density at radius 3 is 2.33 bits per heavy atom. The van der Waals surface area contributed by atoms with E-state index >= 15 is 0 Å². The van der Waals surface area contributed by atoms with E-state index in [9.17, 15) is 9.59 Å². The summed E-state index contributed by atoms with van der Waals surface area (Å²) in [5.41, 5.74) is 3.82. The molecule has 0 radical (unpaired) electrons. The van der Waals surface area contributed by atoms with Crippen molar-refractivity contribution in [2.75, 3.05) is 36.7 Å². The number of rotatable bonds is 4. The number of hydrogen-bond acceptors (Lipinski definition) is 4. The number of nitrogens with one attached hydrogen (secondary N) is 2. The summed E-state index contributed by atoms with van der Waals surface area (Å²) >= 11 is 0. The molecule has 0 atom stereocenters. The zero-order valence-corrected chi connectivity index (χ0v) is 14.2. The highest BCUT2D eigenvalue weighted by Crippen LogP contribution is 2.22. The monoisotopic (exact) mass is 327 g/mol. The molecule has 24 heavy (non-hydrogen) atoms. The summed E-state index contributed by atoms with van der Waals surface area (Å²) < 4.78 is 4.54. The molecule has 0 saturated heterocycles. The van der Waals surface area contributed by atoms with E-state index in [1.165, 1.54) is 7.11 Å². The lowest BCUT2D eigenvalue weighted by molar-refractivity contribution is 0.102. The van der Waals surface area contributed by atoms with Crippen molar-refractivity contribution < 1.29 is 14.3 Å². The number of ether oxygens (including phenoxy) is 1. The average Bonchev–Trinajstić information content (AvgIpc) is 2.54. The average molecular weight is 327 g/mol. The molecule has 0 fully saturated rings. The molecule has 0 spiro atoms. The number of carbonyl (C=O) groups is 2. The van der Waals surface area contributed by atoms with Gasteiger partial charge < -0.3 is 15.0 Å². The molecule has 2 rings (SSSR count). The summed E-state index contributed by atoms with van der Waals surface area (Å²) in [5, 5.41) is 5.39. The lowest BCUT2D eigenvalue weighted by Crippen LogP contribution is -2.15. The summed E-state index contributed by atoms with van der Waals surface area (Å²) in [7, 11) is 5.23. The van der Waals surface area contributed by atoms with Gasteiger partial charge in [-0.15, -0.1) is 0 Å². The van der Waals surface area contributed by atoms with Crippen LogP contribution >= 0.6 is 0 Å². The zero-order chi connectivity index (χ0) is 17.7. The first kappa shape index (κ1) is 17.3. The van der Waals surface area contributed by atoms with Crippen molar-refractivity contribution in [2.24, 2.45) is 0 Å². The summed E-state index contributed by atoms with van der Waals surface area (Å²) in [5.74, 6) is -0.250. The maximum absolute atomic E-state index is 12.4. The third-order valence-electron chi connectivity index (χ3n) is 3.49. The van der Waals surface area contributed by atoms with Crippen LogP contribution in [0, 0.1) is 6.92 Å². The van der Waals surface area contributed by atoms with E-state index in [-0.39, 0.29) is 5.91 Å². The number of carbonyl (C=O) groups excluding carboxylic acids is 2. The first-order chi connectivity index (χ1) is 11.4. The van der Waals surface area contributed by atoms with E-state index < -0.39 is 6.09 Å². The van der Waals surface area contributed by atoms with Crippen LogP contribution in [0.1, 0.15) is 15.9 Å². The van der Waals surface area contributed by atoms with Crippen LogP contribution in [0.15, 0.2) is 42.5 Å². The second-order valence-electron chi connectivity index (χ2n) is 5.55. The minimum atomic E-state index is -0.581. The molecular weight excluding hydrogens is 306 g/mol. The molecule has 0 unspecified atom stereocenters. The summed E-state index contributed by atoms with van der Waals surface area (Å²) in [6.45, 7) is 1.99. The number of anilines is 3. The van der Waals surface area contributed by atoms with Gasteiger partial charge in [0.15, 0.2) is 0 Å². The molecular formula is C18H21N3O3. The van der Waals surface area contributed by atoms with Gasteiger partial charge in [0, 0.05) is 36.7 Å². The summed E-state index contributed by atoms with van der Waals surface area (Å²) in [6, 6.07) is 12.4. The first-order valence-corrected chi connectivity index (χ1v) is 7.45. The van der Waals surface area contributed by atoms with Crippen molar-refractivity contribution >= 4 is 29.1 Å². The first-order valence-electron chi connectivity index (χ1n) is 7.45. The normalized spacial score (nSPS) is 10.0. The minimum absolute atomic E-state index is 0.250. The standard InChI is InChI=1S/C18H21N3O3/c1-12-10-15(8-9-16(12)21(2)3)19-17(22)13-6-5-7-14(11-13)20-18(23)24-4/h5-11H,1-4H3,(H,19,22)(H,20,23). The number of amides is 2. The number of nitrogens with zero attached hydrogens (tertiary/aromatic N) is 1. The third kappa shape index (κ3) is 4.25. The lowest BCUT2D eigenvalue weighted by Gasteiger charge is -2.16. The van der Waals surface area contributed by atoms with E-state index in [1.54, 1.807) is 24.3 Å². The Morgan fingerprint density at radius 2 is 1.71 bits per heavy atom. The van der Waals surface area contributed by atoms with Crippen LogP contribution in [0.2, 0.25) is 0 Å². The number of aryl methyl sites for hydroxylation is 1. The Bertz CT molecular complexity index is 757. The fraction of sp³-hybridized carbons (Fsp3) is 0.222. The molecule has 0 heterocycles. The van der Waals surface area contributed by atoms with Crippen LogP contribution in [0.3, 0.4) is 0 Å². The third-order valence-corrected chi connectivity index (χ3v) is 3.49. The molecule has 0 aromatic heterocycles. The lowest BCUT2D eigenvalue weighted by atomic mass is 10.1. The largest absolute Gasteiger partial charge is 0.453 e. The smallest absolute Gasteiger partial charge is 0.411 e. The second kappa shape index (κ2) is 7.50. The van der Waals surface area contributed by atoms with E-state index in [2.05, 4.69) is 15.4 Å². The van der Waals surface area contributed by atoms with Gasteiger partial charge in [0.1, 0.15) is 0 Å². The highest BCUT2D eigenvalue weighted by molar-refractivity contribution is 6.05. The van der Waals surface area contributed by atoms with Crippen LogP contribution in [-0.4, -0.2) is 33.2 Å². The van der Waals surface area contributed by atoms with E-state index in [0.29, 0.717) is 11.3 Å². The fourth-order valence-corrected chi connectivity index (χ4v) is 2.35. The van der Waals surface area contributed by atoms with Crippen molar-refractivity contribution in [1.82, 2.24) is 0 Å². The summed E-state index contributed by atoms with van der Waals surface area (Å²) in [4.78, 5) is 25.6. The topological polar surface area (TPSA) is 70.7 Å². The van der Waals surface area contributed by atoms with Gasteiger partial charge in [-0.05, 0) is 48.9 Å². The molecule has 2 N–H and O–H groups in total. The van der Waals surface area contributed by atoms with Crippen molar-refractivity contribution in [3.05, 3.63) is 53.6 Å². The molecule has 6 heteroatoms. The molecule has 2 amide bonds. The highest BCUT2D eigenvalue weighted by Gasteiger charge is 2.09. The molecule has 2 aromatic rings. The van der Waals surface area contributed by atoms with Gasteiger partial charge in [0.05, 0.1) is 7.11 Å². The van der Waals surface area contributed by atoms with Gasteiger partial charge >= 0.3 is 6.09 Å². The number of hydrogen-bond donors (Lipinski definition) is 2. The predicted octanol–water partition coefficient (Wildman–Crippen LogP) is 3.49. The Morgan fingerprint density at radius 1 is 1.00 bits per heavy atom. The minimum Gasteiger partial charge on any atom is -0.453 e. The predicted molar refractivity (Wildman–Crippen MR) is 95.9 cm³/mol. The van der Waals surface area contributed by atoms with Crippen molar-refractivity contribution in [3.8, 4) is 0 Å². The van der Waals surface area contributed by atoms with Gasteiger partial charge in [0.2, 0.25) is 0 Å². The van der Waals surface area contributed by atoms with E-state index in [4.69, 9.17) is 0 Å². The van der Waals surface area contributed by atoms with Crippen LogP contribution in [-0.2, 0) is 4.74 Å². The Hall–Kier alpha value is -3.02. The van der Waals surface area contributed by atoms with Crippen LogP contribution < -0.4 is 15.5 Å². The van der Waals surface area contributed by atoms with E-state index in [1.807, 2.05) is 44.1 Å². The summed E-state index contributed by atoms with van der Waals surface area (Å²) in [6.07, 6.45) is -0.581. The van der Waals surface area contributed by atoms with Gasteiger partial charge in [0.25, 0.3) is 5.91 Å². The number of benzene rings is 2. The fourth-order valence-electron chi connectivity index (χ4n) is 2.35. The maximum atomic E-state index is 12.4. The maximum Gasteiger partial charge on any atom is 0.411 e. The Balaban J connectivity index is 2.14. The molecule has 0 aliphatic rings. The van der Waals surface area contributed by atoms with Gasteiger partial charge in [-0.1, -0.05) is 6.07 Å². The molecule has 6 nitrogen and oxygen atoms in total. The molecule has 0 saturated carbocycles. The van der Waals surface area contributed by atoms with Crippen molar-refractivity contribution in [2.45, 2.75) is 6.92 Å². The van der Waals surface area contributed by atoms with Gasteiger partial charge in [-0.3, -0.25) is 10.1 Å². The van der Waals surface area contributed by atoms with Gasteiger partial charge in [-0.2, -0.15) is 0 Å². The molecule has 0 bridgehead atoms. The number of methoxy groups -OCH3 is 1. The molecule has 0 aliphatic heterocycles. The SMILES string of the molecule is COC(=O)Nc1cccc(C(=O)Nc2ccc(N(C)C)c(C)c2)c1. The molecule has 0 aliphatic carbocycles. The van der Waals surface area contributed by atoms with Crippen molar-refractivity contribution in [3.63, 3.8) is 0 Å². The van der Waals surface area contributed by atoms with E-state index in [0.717, 1.165) is 16.9 Å².